The molecule has 0 aliphatic carbocycles. The highest BCUT2D eigenvalue weighted by Gasteiger charge is 2.18. The average molecular weight is 451 g/mol. The Morgan fingerprint density at radius 3 is 2.03 bits per heavy atom. The Labute approximate surface area is 201 Å². The number of hydrogen-bond acceptors (Lipinski definition) is 3. The fourth-order valence-corrected chi connectivity index (χ4v) is 3.90. The van der Waals surface area contributed by atoms with Crippen molar-refractivity contribution in [3.8, 4) is 16.9 Å². The quantitative estimate of drug-likeness (QED) is 0.292. The number of rotatable bonds is 5. The molecular weight excluding hydrogens is 420 g/mol. The molecule has 0 fully saturated rings. The highest BCUT2D eigenvalue weighted by Crippen LogP contribution is 2.33. The number of hydrogen-bond donors (Lipinski definition) is 3. The molecule has 0 unspecified atom stereocenters. The molecule has 0 atom stereocenters. The minimum Gasteiger partial charge on any atom is -0.508 e. The topological polar surface area (TPSA) is 61.4 Å². The molecule has 0 aromatic heterocycles. The van der Waals surface area contributed by atoms with Crippen molar-refractivity contribution in [3.05, 3.63) is 108 Å². The van der Waals surface area contributed by atoms with Gasteiger partial charge in [0.1, 0.15) is 5.75 Å². The molecule has 0 heterocycles. The highest BCUT2D eigenvalue weighted by atomic mass is 16.3. The van der Waals surface area contributed by atoms with Gasteiger partial charge in [-0.25, -0.2) is 0 Å². The van der Waals surface area contributed by atoms with E-state index in [1.54, 1.807) is 12.1 Å². The first-order valence-electron chi connectivity index (χ1n) is 11.4. The van der Waals surface area contributed by atoms with E-state index in [0.29, 0.717) is 5.56 Å². The molecule has 4 nitrogen and oxygen atoms in total. The van der Waals surface area contributed by atoms with Crippen LogP contribution in [0.1, 0.15) is 42.3 Å². The molecule has 4 rings (SSSR count). The van der Waals surface area contributed by atoms with Crippen molar-refractivity contribution < 1.29 is 9.90 Å². The van der Waals surface area contributed by atoms with Gasteiger partial charge in [0.2, 0.25) is 0 Å². The summed E-state index contributed by atoms with van der Waals surface area (Å²) in [6.07, 6.45) is 0. The van der Waals surface area contributed by atoms with Crippen LogP contribution in [0.2, 0.25) is 0 Å². The fourth-order valence-electron chi connectivity index (χ4n) is 3.90. The van der Waals surface area contributed by atoms with Gasteiger partial charge in [-0.1, -0.05) is 69.3 Å². The number of benzene rings is 4. The number of anilines is 3. The van der Waals surface area contributed by atoms with Crippen molar-refractivity contribution in [1.29, 1.82) is 0 Å². The van der Waals surface area contributed by atoms with Gasteiger partial charge in [-0.05, 0) is 77.1 Å². The van der Waals surface area contributed by atoms with Crippen molar-refractivity contribution >= 4 is 23.0 Å². The van der Waals surface area contributed by atoms with Gasteiger partial charge in [-0.2, -0.15) is 0 Å². The number of amides is 1. The average Bonchev–Trinajstić information content (AvgIpc) is 2.81. The number of aromatic hydroxyl groups is 1. The first kappa shape index (κ1) is 23.1. The van der Waals surface area contributed by atoms with Gasteiger partial charge in [0, 0.05) is 22.6 Å². The smallest absolute Gasteiger partial charge is 0.255 e. The van der Waals surface area contributed by atoms with Gasteiger partial charge >= 0.3 is 0 Å². The van der Waals surface area contributed by atoms with Gasteiger partial charge in [-0.15, -0.1) is 0 Å². The molecule has 4 aromatic carbocycles. The van der Waals surface area contributed by atoms with E-state index in [1.807, 2.05) is 60.7 Å². The number of phenols is 1. The van der Waals surface area contributed by atoms with Crippen molar-refractivity contribution in [3.63, 3.8) is 0 Å². The molecule has 0 radical (unpaired) electrons. The predicted molar refractivity (Wildman–Crippen MR) is 141 cm³/mol. The van der Waals surface area contributed by atoms with Crippen molar-refractivity contribution in [1.82, 2.24) is 0 Å². The van der Waals surface area contributed by atoms with Crippen molar-refractivity contribution in [2.24, 2.45) is 0 Å². The van der Waals surface area contributed by atoms with E-state index in [0.717, 1.165) is 33.8 Å². The molecule has 172 valence electrons. The van der Waals surface area contributed by atoms with Gasteiger partial charge in [0.25, 0.3) is 5.91 Å². The maximum atomic E-state index is 12.9. The Bertz CT molecular complexity index is 1300. The number of phenolic OH excluding ortho intramolecular Hbond substituents is 1. The SMILES string of the molecule is Cc1ccc(NC(=O)c2ccc(-c3ccc(O)cc3)cc2)cc1Nc1ccccc1C(C)(C)C. The summed E-state index contributed by atoms with van der Waals surface area (Å²) in [7, 11) is 0. The Hall–Kier alpha value is -4.05. The van der Waals surface area contributed by atoms with Gasteiger partial charge in [0.05, 0.1) is 0 Å². The standard InChI is InChI=1S/C30H30N2O2/c1-20-9-16-24(19-28(20)32-27-8-6-5-7-26(27)30(2,3)4)31-29(34)23-12-10-21(11-13-23)22-14-17-25(33)18-15-22/h5-19,32-33H,1-4H3,(H,31,34). The van der Waals surface area contributed by atoms with Crippen LogP contribution in [-0.4, -0.2) is 11.0 Å². The number of carbonyl (C=O) groups is 1. The molecule has 34 heavy (non-hydrogen) atoms. The summed E-state index contributed by atoms with van der Waals surface area (Å²) in [6, 6.07) is 28.6. The molecule has 0 saturated carbocycles. The Kier molecular flexibility index (Phi) is 6.42. The van der Waals surface area contributed by atoms with Crippen LogP contribution in [0.15, 0.2) is 91.0 Å². The van der Waals surface area contributed by atoms with Crippen molar-refractivity contribution in [2.75, 3.05) is 10.6 Å². The number of aryl methyl sites for hydroxylation is 1. The molecule has 0 saturated heterocycles. The van der Waals surface area contributed by atoms with Crippen LogP contribution in [0.25, 0.3) is 11.1 Å². The van der Waals surface area contributed by atoms with Crippen LogP contribution in [0.5, 0.6) is 5.75 Å². The molecule has 1 amide bonds. The second-order valence-electron chi connectivity index (χ2n) is 9.53. The largest absolute Gasteiger partial charge is 0.508 e. The second-order valence-corrected chi connectivity index (χ2v) is 9.53. The molecule has 0 bridgehead atoms. The van der Waals surface area contributed by atoms with Gasteiger partial charge in [0.15, 0.2) is 0 Å². The summed E-state index contributed by atoms with van der Waals surface area (Å²) < 4.78 is 0. The number of nitrogens with one attached hydrogen (secondary N) is 2. The van der Waals surface area contributed by atoms with Crippen LogP contribution in [0.4, 0.5) is 17.1 Å². The zero-order chi connectivity index (χ0) is 24.3. The van der Waals surface area contributed by atoms with E-state index in [-0.39, 0.29) is 17.1 Å². The van der Waals surface area contributed by atoms with E-state index in [2.05, 4.69) is 56.5 Å². The van der Waals surface area contributed by atoms with Gasteiger partial charge < -0.3 is 15.7 Å². The first-order valence-corrected chi connectivity index (χ1v) is 11.4. The van der Waals surface area contributed by atoms with Gasteiger partial charge in [-0.3, -0.25) is 4.79 Å². The van der Waals surface area contributed by atoms with E-state index >= 15 is 0 Å². The molecule has 0 spiro atoms. The van der Waals surface area contributed by atoms with Crippen molar-refractivity contribution in [2.45, 2.75) is 33.1 Å². The molecule has 0 aliphatic heterocycles. The maximum Gasteiger partial charge on any atom is 0.255 e. The zero-order valence-electron chi connectivity index (χ0n) is 20.0. The van der Waals surface area contributed by atoms with E-state index in [4.69, 9.17) is 0 Å². The summed E-state index contributed by atoms with van der Waals surface area (Å²) in [4.78, 5) is 12.9. The predicted octanol–water partition coefficient (Wildman–Crippen LogP) is 7.66. The normalized spacial score (nSPS) is 11.2. The Morgan fingerprint density at radius 1 is 0.765 bits per heavy atom. The summed E-state index contributed by atoms with van der Waals surface area (Å²) in [6.45, 7) is 8.65. The van der Waals surface area contributed by atoms with Crippen LogP contribution in [0, 0.1) is 6.92 Å². The van der Waals surface area contributed by atoms with E-state index < -0.39 is 0 Å². The summed E-state index contributed by atoms with van der Waals surface area (Å²) in [5.74, 6) is 0.0655. The van der Waals surface area contributed by atoms with Crippen LogP contribution in [-0.2, 0) is 5.41 Å². The lowest BCUT2D eigenvalue weighted by atomic mass is 9.85. The molecule has 4 aromatic rings. The minimum absolute atomic E-state index is 0.00955. The van der Waals surface area contributed by atoms with Crippen LogP contribution >= 0.6 is 0 Å². The third-order valence-electron chi connectivity index (χ3n) is 5.85. The summed E-state index contributed by atoms with van der Waals surface area (Å²) >= 11 is 0. The third kappa shape index (κ3) is 5.29. The lowest BCUT2D eigenvalue weighted by Gasteiger charge is -2.24. The van der Waals surface area contributed by atoms with E-state index in [9.17, 15) is 9.90 Å². The Balaban J connectivity index is 1.51. The number of carbonyl (C=O) groups excluding carboxylic acids is 1. The van der Waals surface area contributed by atoms with Crippen LogP contribution < -0.4 is 10.6 Å². The molecule has 3 N–H and O–H groups in total. The zero-order valence-corrected chi connectivity index (χ0v) is 20.0. The molecule has 4 heteroatoms. The fraction of sp³-hybridized carbons (Fsp3) is 0.167. The lowest BCUT2D eigenvalue weighted by Crippen LogP contribution is -2.14. The molecular formula is C30H30N2O2. The van der Waals surface area contributed by atoms with Crippen LogP contribution in [0.3, 0.4) is 0 Å². The monoisotopic (exact) mass is 450 g/mol. The molecule has 0 aliphatic rings. The minimum atomic E-state index is -0.165. The van der Waals surface area contributed by atoms with E-state index in [1.165, 1.54) is 5.56 Å². The highest BCUT2D eigenvalue weighted by molar-refractivity contribution is 6.04. The Morgan fingerprint density at radius 2 is 1.38 bits per heavy atom. The second kappa shape index (κ2) is 9.44. The lowest BCUT2D eigenvalue weighted by molar-refractivity contribution is 0.102. The third-order valence-corrected chi connectivity index (χ3v) is 5.85. The summed E-state index contributed by atoms with van der Waals surface area (Å²) in [5, 5.41) is 16.0. The first-order chi connectivity index (χ1) is 16.2. The summed E-state index contributed by atoms with van der Waals surface area (Å²) in [5.41, 5.74) is 7.63. The maximum absolute atomic E-state index is 12.9. The number of para-hydroxylation sites is 1.